The van der Waals surface area contributed by atoms with Crippen molar-refractivity contribution in [2.75, 3.05) is 13.7 Å². The quantitative estimate of drug-likeness (QED) is 0.359. The van der Waals surface area contributed by atoms with E-state index in [1.807, 2.05) is 38.1 Å². The second-order valence-corrected chi connectivity index (χ2v) is 8.75. The van der Waals surface area contributed by atoms with E-state index < -0.39 is 17.7 Å². The van der Waals surface area contributed by atoms with E-state index in [9.17, 15) is 14.7 Å². The van der Waals surface area contributed by atoms with Gasteiger partial charge in [-0.25, -0.2) is 0 Å². The van der Waals surface area contributed by atoms with Gasteiger partial charge in [0.1, 0.15) is 17.3 Å². The van der Waals surface area contributed by atoms with Crippen LogP contribution in [-0.4, -0.2) is 41.5 Å². The molecule has 33 heavy (non-hydrogen) atoms. The summed E-state index contributed by atoms with van der Waals surface area (Å²) < 4.78 is 11.0. The summed E-state index contributed by atoms with van der Waals surface area (Å²) in [7, 11) is 1.59. The second kappa shape index (κ2) is 9.69. The number of nitrogens with zero attached hydrogens (tertiary/aromatic N) is 1. The maximum absolute atomic E-state index is 13.2. The highest BCUT2D eigenvalue weighted by Gasteiger charge is 2.49. The Morgan fingerprint density at radius 2 is 1.79 bits per heavy atom. The molecule has 1 unspecified atom stereocenters. The first kappa shape index (κ1) is 22.9. The fraction of sp³-hybridized carbons (Fsp3) is 0.407. The van der Waals surface area contributed by atoms with Crippen molar-refractivity contribution in [1.29, 1.82) is 0 Å². The largest absolute Gasteiger partial charge is 0.507 e. The molecule has 0 aromatic heterocycles. The van der Waals surface area contributed by atoms with Crippen molar-refractivity contribution in [3.8, 4) is 11.5 Å². The van der Waals surface area contributed by atoms with Gasteiger partial charge in [-0.15, -0.1) is 0 Å². The monoisotopic (exact) mass is 449 g/mol. The van der Waals surface area contributed by atoms with Crippen molar-refractivity contribution in [2.45, 2.75) is 58.0 Å². The number of hydrogen-bond donors (Lipinski definition) is 1. The van der Waals surface area contributed by atoms with Crippen LogP contribution in [0, 0.1) is 6.92 Å². The smallest absolute Gasteiger partial charge is 0.295 e. The van der Waals surface area contributed by atoms with Crippen LogP contribution in [0.2, 0.25) is 0 Å². The van der Waals surface area contributed by atoms with Crippen molar-refractivity contribution in [3.05, 3.63) is 64.7 Å². The number of benzene rings is 2. The number of aryl methyl sites for hydroxylation is 1. The van der Waals surface area contributed by atoms with E-state index in [4.69, 9.17) is 9.47 Å². The molecule has 1 aliphatic heterocycles. The molecule has 1 saturated heterocycles. The first-order chi connectivity index (χ1) is 16.0. The van der Waals surface area contributed by atoms with Gasteiger partial charge in [-0.3, -0.25) is 9.59 Å². The molecule has 0 radical (unpaired) electrons. The van der Waals surface area contributed by atoms with Gasteiger partial charge in [0.2, 0.25) is 0 Å². The third-order valence-corrected chi connectivity index (χ3v) is 6.54. The Balaban J connectivity index is 1.80. The highest BCUT2D eigenvalue weighted by Crippen LogP contribution is 2.44. The molecule has 2 fully saturated rings. The standard InChI is InChI=1S/C27H31NO5/c1-4-15-33-22-14-11-19(16-17(22)2)25(29)23-24(18-9-12-21(32-3)13-10-18)28(27(31)26(23)30)20-7-5-6-8-20/h9-14,16,20,24,29H,4-8,15H2,1-3H3/b25-23-. The Hall–Kier alpha value is -3.28. The van der Waals surface area contributed by atoms with Gasteiger partial charge in [-0.2, -0.15) is 0 Å². The van der Waals surface area contributed by atoms with Crippen LogP contribution in [0.5, 0.6) is 11.5 Å². The van der Waals surface area contributed by atoms with Crippen LogP contribution in [-0.2, 0) is 9.59 Å². The molecule has 1 N–H and O–H groups in total. The fourth-order valence-electron chi connectivity index (χ4n) is 4.85. The number of likely N-dealkylation sites (tertiary alicyclic amines) is 1. The number of rotatable bonds is 7. The lowest BCUT2D eigenvalue weighted by atomic mass is 9.94. The number of Topliss-reactive ketones (excluding diaryl/α,β-unsaturated/α-hetero) is 1. The van der Waals surface area contributed by atoms with E-state index in [-0.39, 0.29) is 17.4 Å². The number of amides is 1. The molecular formula is C27H31NO5. The lowest BCUT2D eigenvalue weighted by Gasteiger charge is -2.30. The minimum atomic E-state index is -0.635. The van der Waals surface area contributed by atoms with E-state index in [1.54, 1.807) is 30.2 Å². The Kier molecular flexibility index (Phi) is 6.72. The number of carbonyl (C=O) groups is 2. The zero-order valence-corrected chi connectivity index (χ0v) is 19.5. The van der Waals surface area contributed by atoms with Crippen LogP contribution >= 0.6 is 0 Å². The van der Waals surface area contributed by atoms with E-state index in [2.05, 4.69) is 0 Å². The van der Waals surface area contributed by atoms with Crippen molar-refractivity contribution < 1.29 is 24.2 Å². The molecule has 0 bridgehead atoms. The van der Waals surface area contributed by atoms with Crippen LogP contribution in [0.4, 0.5) is 0 Å². The molecule has 2 aliphatic rings. The summed E-state index contributed by atoms with van der Waals surface area (Å²) in [6.07, 6.45) is 4.68. The predicted octanol–water partition coefficient (Wildman–Crippen LogP) is 5.16. The number of ether oxygens (including phenoxy) is 2. The lowest BCUT2D eigenvalue weighted by Crippen LogP contribution is -2.37. The summed E-state index contributed by atoms with van der Waals surface area (Å²) in [5, 5.41) is 11.3. The maximum Gasteiger partial charge on any atom is 0.295 e. The first-order valence-corrected chi connectivity index (χ1v) is 11.6. The van der Waals surface area contributed by atoms with E-state index in [1.165, 1.54) is 0 Å². The van der Waals surface area contributed by atoms with Gasteiger partial charge < -0.3 is 19.5 Å². The highest BCUT2D eigenvalue weighted by molar-refractivity contribution is 6.46. The molecule has 2 aromatic rings. The van der Waals surface area contributed by atoms with Crippen molar-refractivity contribution in [3.63, 3.8) is 0 Å². The molecule has 4 rings (SSSR count). The van der Waals surface area contributed by atoms with Crippen LogP contribution in [0.25, 0.3) is 5.76 Å². The SMILES string of the molecule is CCCOc1ccc(/C(O)=C2/C(=O)C(=O)N(C3CCCC3)C2c2ccc(OC)cc2)cc1C. The Morgan fingerprint density at radius 1 is 1.09 bits per heavy atom. The highest BCUT2D eigenvalue weighted by atomic mass is 16.5. The van der Waals surface area contributed by atoms with Crippen LogP contribution in [0.3, 0.4) is 0 Å². The lowest BCUT2D eigenvalue weighted by molar-refractivity contribution is -0.141. The topological polar surface area (TPSA) is 76.1 Å². The van der Waals surface area contributed by atoms with E-state index in [0.717, 1.165) is 49.0 Å². The van der Waals surface area contributed by atoms with Crippen LogP contribution in [0.1, 0.15) is 61.8 Å². The van der Waals surface area contributed by atoms with E-state index >= 15 is 0 Å². The minimum Gasteiger partial charge on any atom is -0.507 e. The second-order valence-electron chi connectivity index (χ2n) is 8.75. The Morgan fingerprint density at radius 3 is 2.39 bits per heavy atom. The molecular weight excluding hydrogens is 418 g/mol. The molecule has 6 heteroatoms. The number of ketones is 1. The summed E-state index contributed by atoms with van der Waals surface area (Å²) in [4.78, 5) is 28.1. The summed E-state index contributed by atoms with van der Waals surface area (Å²) in [5.41, 5.74) is 2.28. The molecule has 2 aromatic carbocycles. The van der Waals surface area contributed by atoms with Gasteiger partial charge in [-0.05, 0) is 67.6 Å². The predicted molar refractivity (Wildman–Crippen MR) is 126 cm³/mol. The summed E-state index contributed by atoms with van der Waals surface area (Å²) in [6, 6.07) is 12.0. The molecule has 6 nitrogen and oxygen atoms in total. The maximum atomic E-state index is 13.2. The average Bonchev–Trinajstić information content (AvgIpc) is 3.44. The van der Waals surface area contributed by atoms with Gasteiger partial charge in [0.25, 0.3) is 11.7 Å². The zero-order valence-electron chi connectivity index (χ0n) is 19.5. The summed E-state index contributed by atoms with van der Waals surface area (Å²) in [5.74, 6) is 0.106. The molecule has 1 amide bonds. The van der Waals surface area contributed by atoms with Gasteiger partial charge in [-0.1, -0.05) is 31.9 Å². The van der Waals surface area contributed by atoms with E-state index in [0.29, 0.717) is 17.9 Å². The first-order valence-electron chi connectivity index (χ1n) is 11.6. The van der Waals surface area contributed by atoms with Crippen molar-refractivity contribution in [1.82, 2.24) is 4.90 Å². The molecule has 1 atom stereocenters. The van der Waals surface area contributed by atoms with Gasteiger partial charge in [0.15, 0.2) is 0 Å². The average molecular weight is 450 g/mol. The normalized spacial score (nSPS) is 20.5. The zero-order chi connectivity index (χ0) is 23.5. The molecule has 1 aliphatic carbocycles. The number of hydrogen-bond acceptors (Lipinski definition) is 5. The molecule has 0 spiro atoms. The Labute approximate surface area is 194 Å². The van der Waals surface area contributed by atoms with Gasteiger partial charge in [0.05, 0.1) is 25.3 Å². The summed E-state index contributed by atoms with van der Waals surface area (Å²) >= 11 is 0. The molecule has 174 valence electrons. The van der Waals surface area contributed by atoms with Crippen molar-refractivity contribution in [2.24, 2.45) is 0 Å². The Bertz CT molecular complexity index is 1070. The minimum absolute atomic E-state index is 0.00888. The van der Waals surface area contributed by atoms with Crippen LogP contribution in [0.15, 0.2) is 48.0 Å². The third kappa shape index (κ3) is 4.34. The van der Waals surface area contributed by atoms with Crippen molar-refractivity contribution >= 4 is 17.4 Å². The van der Waals surface area contributed by atoms with Gasteiger partial charge >= 0.3 is 0 Å². The number of aliphatic hydroxyl groups is 1. The number of carbonyl (C=O) groups excluding carboxylic acids is 2. The number of aliphatic hydroxyl groups excluding tert-OH is 1. The summed E-state index contributed by atoms with van der Waals surface area (Å²) in [6.45, 7) is 4.55. The van der Waals surface area contributed by atoms with Crippen LogP contribution < -0.4 is 9.47 Å². The third-order valence-electron chi connectivity index (χ3n) is 6.54. The molecule has 1 heterocycles. The number of methoxy groups -OCH3 is 1. The fourth-order valence-corrected chi connectivity index (χ4v) is 4.85. The van der Waals surface area contributed by atoms with Gasteiger partial charge in [0, 0.05) is 11.6 Å². The molecule has 1 saturated carbocycles.